The van der Waals surface area contributed by atoms with Gasteiger partial charge in [-0.1, -0.05) is 15.9 Å². The zero-order chi connectivity index (χ0) is 14.0. The third-order valence-electron chi connectivity index (χ3n) is 2.66. The van der Waals surface area contributed by atoms with Gasteiger partial charge in [0.15, 0.2) is 0 Å². The van der Waals surface area contributed by atoms with E-state index in [1.807, 2.05) is 6.07 Å². The molecular formula is C12H11BrF3NO2. The fourth-order valence-corrected chi connectivity index (χ4v) is 2.47. The summed E-state index contributed by atoms with van der Waals surface area (Å²) in [4.78, 5) is 11.1. The summed E-state index contributed by atoms with van der Waals surface area (Å²) in [7, 11) is 0. The number of rotatable bonds is 3. The molecule has 1 N–H and O–H groups in total. The minimum atomic E-state index is -4.49. The molecule has 0 bridgehead atoms. The van der Waals surface area contributed by atoms with Gasteiger partial charge in [-0.3, -0.25) is 4.79 Å². The van der Waals surface area contributed by atoms with Gasteiger partial charge in [0.2, 0.25) is 5.91 Å². The summed E-state index contributed by atoms with van der Waals surface area (Å²) >= 11 is 3.32. The second kappa shape index (κ2) is 5.40. The van der Waals surface area contributed by atoms with Crippen LogP contribution in [0, 0.1) is 0 Å². The van der Waals surface area contributed by atoms with Gasteiger partial charge in [-0.15, -0.1) is 0 Å². The van der Waals surface area contributed by atoms with Crippen molar-refractivity contribution in [2.75, 3.05) is 6.61 Å². The first-order valence-electron chi connectivity index (χ1n) is 5.63. The number of fused-ring (bicyclic) bond motifs is 1. The predicted octanol–water partition coefficient (Wildman–Crippen LogP) is 2.95. The number of nitrogens with one attached hydrogen (secondary N) is 1. The van der Waals surface area contributed by atoms with Gasteiger partial charge >= 0.3 is 6.18 Å². The van der Waals surface area contributed by atoms with Crippen LogP contribution in [0.1, 0.15) is 17.5 Å². The number of carbonyl (C=O) groups is 1. The number of hydrogen-bond acceptors (Lipinski definition) is 2. The predicted molar refractivity (Wildman–Crippen MR) is 65.9 cm³/mol. The van der Waals surface area contributed by atoms with Crippen LogP contribution in [0.5, 0.6) is 5.75 Å². The Hall–Kier alpha value is -1.24. The number of halogens is 4. The second-order valence-electron chi connectivity index (χ2n) is 4.22. The first-order valence-corrected chi connectivity index (χ1v) is 6.42. The molecule has 1 aliphatic rings. The van der Waals surface area contributed by atoms with Crippen molar-refractivity contribution in [1.82, 2.24) is 5.32 Å². The van der Waals surface area contributed by atoms with Crippen LogP contribution < -0.4 is 10.1 Å². The van der Waals surface area contributed by atoms with Gasteiger partial charge in [-0.25, -0.2) is 0 Å². The van der Waals surface area contributed by atoms with Crippen LogP contribution in [-0.4, -0.2) is 18.7 Å². The highest BCUT2D eigenvalue weighted by Gasteiger charge is 2.31. The summed E-state index contributed by atoms with van der Waals surface area (Å²) in [6, 6.07) is 3.64. The van der Waals surface area contributed by atoms with E-state index in [0.717, 1.165) is 16.5 Å². The number of hydrogen-bond donors (Lipinski definition) is 1. The van der Waals surface area contributed by atoms with Crippen molar-refractivity contribution in [1.29, 1.82) is 0 Å². The third-order valence-corrected chi connectivity index (χ3v) is 3.12. The molecule has 0 fully saturated rings. The van der Waals surface area contributed by atoms with E-state index in [-0.39, 0.29) is 6.54 Å². The van der Waals surface area contributed by atoms with Crippen molar-refractivity contribution >= 4 is 21.8 Å². The SMILES string of the molecule is O=C(CC(F)(F)F)NCc1cc(Br)cc2c1OCC2. The molecule has 1 heterocycles. The molecule has 0 spiro atoms. The van der Waals surface area contributed by atoms with Crippen LogP contribution in [-0.2, 0) is 17.8 Å². The van der Waals surface area contributed by atoms with Gasteiger partial charge in [0, 0.05) is 23.0 Å². The quantitative estimate of drug-likeness (QED) is 0.920. The Morgan fingerprint density at radius 1 is 1.42 bits per heavy atom. The van der Waals surface area contributed by atoms with Crippen LogP contribution in [0.2, 0.25) is 0 Å². The van der Waals surface area contributed by atoms with Gasteiger partial charge in [0.05, 0.1) is 6.61 Å². The molecule has 0 aromatic heterocycles. The summed E-state index contributed by atoms with van der Waals surface area (Å²) in [5.41, 5.74) is 1.67. The highest BCUT2D eigenvalue weighted by molar-refractivity contribution is 9.10. The molecule has 1 aromatic carbocycles. The van der Waals surface area contributed by atoms with Crippen molar-refractivity contribution in [3.05, 3.63) is 27.7 Å². The zero-order valence-corrected chi connectivity index (χ0v) is 11.4. The molecule has 0 aliphatic carbocycles. The molecule has 7 heteroatoms. The van der Waals surface area contributed by atoms with Crippen LogP contribution in [0.3, 0.4) is 0 Å². The lowest BCUT2D eigenvalue weighted by Crippen LogP contribution is -2.28. The van der Waals surface area contributed by atoms with E-state index in [4.69, 9.17) is 4.74 Å². The van der Waals surface area contributed by atoms with Crippen LogP contribution >= 0.6 is 15.9 Å². The minimum Gasteiger partial charge on any atom is -0.493 e. The summed E-state index contributed by atoms with van der Waals surface area (Å²) in [5.74, 6) is -0.380. The van der Waals surface area contributed by atoms with Crippen LogP contribution in [0.4, 0.5) is 13.2 Å². The molecule has 0 saturated heterocycles. The average Bonchev–Trinajstić information content (AvgIpc) is 2.71. The lowest BCUT2D eigenvalue weighted by atomic mass is 10.1. The highest BCUT2D eigenvalue weighted by atomic mass is 79.9. The second-order valence-corrected chi connectivity index (χ2v) is 5.14. The number of carbonyl (C=O) groups excluding carboxylic acids is 1. The fraction of sp³-hybridized carbons (Fsp3) is 0.417. The van der Waals surface area contributed by atoms with E-state index in [9.17, 15) is 18.0 Å². The van der Waals surface area contributed by atoms with E-state index in [1.165, 1.54) is 0 Å². The maximum atomic E-state index is 12.0. The normalized spacial score (nSPS) is 13.9. The molecule has 1 aromatic rings. The van der Waals surface area contributed by atoms with Crippen molar-refractivity contribution in [2.45, 2.75) is 25.6 Å². The first-order chi connectivity index (χ1) is 8.85. The molecule has 1 amide bonds. The zero-order valence-electron chi connectivity index (χ0n) is 9.81. The Labute approximate surface area is 116 Å². The van der Waals surface area contributed by atoms with Crippen molar-refractivity contribution in [3.63, 3.8) is 0 Å². The molecule has 2 rings (SSSR count). The summed E-state index contributed by atoms with van der Waals surface area (Å²) in [5, 5.41) is 2.25. The Morgan fingerprint density at radius 3 is 2.84 bits per heavy atom. The Balaban J connectivity index is 2.02. The number of ether oxygens (including phenoxy) is 1. The lowest BCUT2D eigenvalue weighted by Gasteiger charge is -2.11. The van der Waals surface area contributed by atoms with Crippen molar-refractivity contribution in [2.24, 2.45) is 0 Å². The molecular weight excluding hydrogens is 327 g/mol. The maximum absolute atomic E-state index is 12.0. The molecule has 1 aliphatic heterocycles. The molecule has 0 unspecified atom stereocenters. The molecule has 104 valence electrons. The Bertz CT molecular complexity index is 502. The van der Waals surface area contributed by atoms with E-state index < -0.39 is 18.5 Å². The first kappa shape index (κ1) is 14.2. The number of benzene rings is 1. The topological polar surface area (TPSA) is 38.3 Å². The summed E-state index contributed by atoms with van der Waals surface area (Å²) in [6.07, 6.45) is -5.19. The monoisotopic (exact) mass is 337 g/mol. The van der Waals surface area contributed by atoms with E-state index in [2.05, 4.69) is 21.2 Å². The number of alkyl halides is 3. The van der Waals surface area contributed by atoms with E-state index in [0.29, 0.717) is 17.9 Å². The molecule has 0 saturated carbocycles. The van der Waals surface area contributed by atoms with E-state index in [1.54, 1.807) is 6.07 Å². The molecule has 3 nitrogen and oxygen atoms in total. The average molecular weight is 338 g/mol. The minimum absolute atomic E-state index is 0.0245. The van der Waals surface area contributed by atoms with Gasteiger partial charge in [0.25, 0.3) is 0 Å². The van der Waals surface area contributed by atoms with Gasteiger partial charge in [-0.05, 0) is 17.7 Å². The summed E-state index contributed by atoms with van der Waals surface area (Å²) in [6.45, 7) is 0.575. The third kappa shape index (κ3) is 3.86. The smallest absolute Gasteiger partial charge is 0.397 e. The summed E-state index contributed by atoms with van der Waals surface area (Å²) < 4.78 is 42.3. The van der Waals surface area contributed by atoms with Crippen LogP contribution in [0.15, 0.2) is 16.6 Å². The van der Waals surface area contributed by atoms with Gasteiger partial charge in [0.1, 0.15) is 12.2 Å². The standard InChI is InChI=1S/C12H11BrF3NO2/c13-9-3-7-1-2-19-11(7)8(4-9)6-17-10(18)5-12(14,15)16/h3-4H,1-2,5-6H2,(H,17,18). The molecule has 19 heavy (non-hydrogen) atoms. The van der Waals surface area contributed by atoms with Gasteiger partial charge < -0.3 is 10.1 Å². The van der Waals surface area contributed by atoms with Crippen molar-refractivity contribution < 1.29 is 22.7 Å². The van der Waals surface area contributed by atoms with Crippen molar-refractivity contribution in [3.8, 4) is 5.75 Å². The lowest BCUT2D eigenvalue weighted by molar-refractivity contribution is -0.153. The molecule has 0 radical (unpaired) electrons. The Kier molecular flexibility index (Phi) is 4.03. The largest absolute Gasteiger partial charge is 0.493 e. The Morgan fingerprint density at radius 2 is 2.16 bits per heavy atom. The van der Waals surface area contributed by atoms with Crippen LogP contribution in [0.25, 0.3) is 0 Å². The van der Waals surface area contributed by atoms with Gasteiger partial charge in [-0.2, -0.15) is 13.2 Å². The van der Waals surface area contributed by atoms with E-state index >= 15 is 0 Å². The molecule has 0 atom stereocenters. The maximum Gasteiger partial charge on any atom is 0.397 e. The number of amides is 1. The highest BCUT2D eigenvalue weighted by Crippen LogP contribution is 2.33. The fourth-order valence-electron chi connectivity index (χ4n) is 1.92.